The maximum absolute atomic E-state index is 13.1. The number of carbonyl (C=O) groups is 2. The topological polar surface area (TPSA) is 104 Å². The number of alkyl halides is 3. The summed E-state index contributed by atoms with van der Waals surface area (Å²) in [6, 6.07) is 8.20. The predicted octanol–water partition coefficient (Wildman–Crippen LogP) is 3.99. The third kappa shape index (κ3) is 6.50. The summed E-state index contributed by atoms with van der Waals surface area (Å²) in [5.41, 5.74) is -0.494. The number of fused-ring (bicyclic) bond motifs is 2. The van der Waals surface area contributed by atoms with Gasteiger partial charge in [-0.3, -0.25) is 9.59 Å². The molecule has 2 aromatic rings. The van der Waals surface area contributed by atoms with E-state index in [1.54, 1.807) is 38.1 Å². The number of aliphatic hydroxyl groups is 1. The Labute approximate surface area is 223 Å². The number of halogens is 4. The third-order valence-corrected chi connectivity index (χ3v) is 7.18. The van der Waals surface area contributed by atoms with Crippen LogP contribution in [0.1, 0.15) is 55.5 Å². The molecule has 2 amide bonds. The summed E-state index contributed by atoms with van der Waals surface area (Å²) in [7, 11) is 0. The van der Waals surface area contributed by atoms with Crippen LogP contribution < -0.4 is 20.3 Å². The van der Waals surface area contributed by atoms with Crippen molar-refractivity contribution < 1.29 is 32.6 Å². The fourth-order valence-electron chi connectivity index (χ4n) is 5.03. The number of aromatic nitrogens is 1. The van der Waals surface area contributed by atoms with Gasteiger partial charge in [-0.15, -0.1) is 0 Å². The van der Waals surface area contributed by atoms with E-state index in [0.29, 0.717) is 35.0 Å². The van der Waals surface area contributed by atoms with Gasteiger partial charge >= 0.3 is 6.18 Å². The molecule has 8 nitrogen and oxygen atoms in total. The molecular formula is C26H30ClF3N4O4. The molecule has 0 spiro atoms. The quantitative estimate of drug-likeness (QED) is 0.456. The highest BCUT2D eigenvalue weighted by atomic mass is 35.5. The molecule has 4 rings (SSSR count). The molecule has 12 heteroatoms. The van der Waals surface area contributed by atoms with E-state index in [1.165, 1.54) is 12.3 Å². The molecule has 0 saturated carbocycles. The second-order valence-electron chi connectivity index (χ2n) is 10.2. The van der Waals surface area contributed by atoms with Gasteiger partial charge in [0.15, 0.2) is 5.60 Å². The number of aliphatic hydroxyl groups excluding tert-OH is 1. The summed E-state index contributed by atoms with van der Waals surface area (Å²) < 4.78 is 43.0. The molecule has 2 saturated heterocycles. The number of amides is 2. The number of anilines is 1. The molecule has 2 aliphatic rings. The summed E-state index contributed by atoms with van der Waals surface area (Å²) in [6.45, 7) is 1.78. The van der Waals surface area contributed by atoms with E-state index in [4.69, 9.17) is 16.3 Å². The Bertz CT molecular complexity index is 1160. The van der Waals surface area contributed by atoms with Crippen molar-refractivity contribution >= 4 is 29.2 Å². The first-order chi connectivity index (χ1) is 17.9. The molecule has 3 N–H and O–H groups in total. The summed E-state index contributed by atoms with van der Waals surface area (Å²) in [6.07, 6.45) is 0.0206. The van der Waals surface area contributed by atoms with Gasteiger partial charge in [-0.2, -0.15) is 13.2 Å². The second-order valence-corrected chi connectivity index (χ2v) is 10.6. The zero-order valence-corrected chi connectivity index (χ0v) is 21.8. The van der Waals surface area contributed by atoms with Crippen LogP contribution in [0.15, 0.2) is 36.5 Å². The van der Waals surface area contributed by atoms with Gasteiger partial charge in [-0.05, 0) is 69.4 Å². The van der Waals surface area contributed by atoms with Crippen LogP contribution >= 0.6 is 11.6 Å². The van der Waals surface area contributed by atoms with Crippen molar-refractivity contribution in [3.05, 3.63) is 52.7 Å². The lowest BCUT2D eigenvalue weighted by Crippen LogP contribution is -2.55. The smallest absolute Gasteiger partial charge is 0.405 e. The number of piperidine rings is 1. The minimum atomic E-state index is -4.48. The Morgan fingerprint density at radius 3 is 2.39 bits per heavy atom. The number of benzene rings is 1. The average molecular weight is 555 g/mol. The molecule has 2 fully saturated rings. The van der Waals surface area contributed by atoms with Crippen LogP contribution in [0.4, 0.5) is 19.0 Å². The molecular weight excluding hydrogens is 525 g/mol. The van der Waals surface area contributed by atoms with E-state index < -0.39 is 24.2 Å². The van der Waals surface area contributed by atoms with Crippen LogP contribution in [-0.4, -0.2) is 58.4 Å². The molecule has 38 heavy (non-hydrogen) atoms. The maximum Gasteiger partial charge on any atom is 0.405 e. The zero-order chi connectivity index (χ0) is 27.7. The molecule has 1 aromatic carbocycles. The van der Waals surface area contributed by atoms with Crippen LogP contribution in [0.3, 0.4) is 0 Å². The number of hydrogen-bond acceptors (Lipinski definition) is 6. The molecule has 2 aliphatic heterocycles. The van der Waals surface area contributed by atoms with Crippen LogP contribution in [-0.2, 0) is 11.4 Å². The maximum atomic E-state index is 13.1. The summed E-state index contributed by atoms with van der Waals surface area (Å²) in [5, 5.41) is 14.5. The highest BCUT2D eigenvalue weighted by Gasteiger charge is 2.43. The van der Waals surface area contributed by atoms with Gasteiger partial charge in [0.2, 0.25) is 0 Å². The Kier molecular flexibility index (Phi) is 8.08. The molecule has 2 bridgehead atoms. The van der Waals surface area contributed by atoms with Crippen molar-refractivity contribution in [3.8, 4) is 5.75 Å². The van der Waals surface area contributed by atoms with Gasteiger partial charge in [0.1, 0.15) is 18.1 Å². The lowest BCUT2D eigenvalue weighted by atomic mass is 9.96. The number of ether oxygens (including phenoxy) is 1. The average Bonchev–Trinajstić information content (AvgIpc) is 3.13. The third-order valence-electron chi connectivity index (χ3n) is 6.88. The molecule has 0 aliphatic carbocycles. The van der Waals surface area contributed by atoms with E-state index >= 15 is 0 Å². The number of hydrogen-bond donors (Lipinski definition) is 3. The molecule has 3 heterocycles. The second kappa shape index (κ2) is 11.0. The van der Waals surface area contributed by atoms with Gasteiger partial charge < -0.3 is 25.4 Å². The van der Waals surface area contributed by atoms with Gasteiger partial charge in [0.25, 0.3) is 11.8 Å². The van der Waals surface area contributed by atoms with Crippen LogP contribution in [0.2, 0.25) is 5.02 Å². The number of carbonyl (C=O) groups excluding carboxylic acids is 2. The normalized spacial score (nSPS) is 21.2. The van der Waals surface area contributed by atoms with Crippen LogP contribution in [0.25, 0.3) is 0 Å². The van der Waals surface area contributed by atoms with Crippen LogP contribution in [0, 0.1) is 0 Å². The van der Waals surface area contributed by atoms with Gasteiger partial charge in [-0.1, -0.05) is 17.7 Å². The first-order valence-electron chi connectivity index (χ1n) is 12.3. The van der Waals surface area contributed by atoms with E-state index in [1.807, 2.05) is 5.32 Å². The van der Waals surface area contributed by atoms with E-state index in [9.17, 15) is 27.9 Å². The molecule has 2 atom stereocenters. The highest BCUT2D eigenvalue weighted by molar-refractivity contribution is 6.32. The zero-order valence-electron chi connectivity index (χ0n) is 21.0. The standard InChI is InChI=1S/C26H30ClF3N4O4/c1-25(2,38-21-7-3-15(13-35)9-20(21)27)24(37)33-17-10-18-5-6-19(11-17)34(18)22-8-4-16(12-31-22)23(36)32-14-26(28,29)30/h3-4,7-9,12,17-19,35H,5-6,10-11,13-14H2,1-2H3,(H,32,36)(H,33,37). The Hall–Kier alpha value is -3.05. The Morgan fingerprint density at radius 1 is 1.16 bits per heavy atom. The molecule has 1 aromatic heterocycles. The fourth-order valence-corrected chi connectivity index (χ4v) is 5.27. The van der Waals surface area contributed by atoms with Gasteiger partial charge in [-0.25, -0.2) is 4.98 Å². The SMILES string of the molecule is CC(C)(Oc1ccc(CO)cc1Cl)C(=O)NC1CC2CCC(C1)N2c1ccc(C(=O)NCC(F)(F)F)cn1. The van der Waals surface area contributed by atoms with Crippen molar-refractivity contribution in [2.45, 2.75) is 76.0 Å². The minimum Gasteiger partial charge on any atom is -0.476 e. The number of nitrogens with zero attached hydrogens (tertiary/aromatic N) is 2. The first kappa shape index (κ1) is 28.0. The Morgan fingerprint density at radius 2 is 1.84 bits per heavy atom. The summed E-state index contributed by atoms with van der Waals surface area (Å²) in [5.74, 6) is -0.106. The molecule has 2 unspecified atom stereocenters. The van der Waals surface area contributed by atoms with Crippen molar-refractivity contribution in [3.63, 3.8) is 0 Å². The van der Waals surface area contributed by atoms with Gasteiger partial charge in [0.05, 0.1) is 17.2 Å². The highest BCUT2D eigenvalue weighted by Crippen LogP contribution is 2.39. The molecule has 206 valence electrons. The first-order valence-corrected chi connectivity index (χ1v) is 12.7. The van der Waals surface area contributed by atoms with Crippen molar-refractivity contribution in [2.24, 2.45) is 0 Å². The number of nitrogens with one attached hydrogen (secondary N) is 2. The lowest BCUT2D eigenvalue weighted by molar-refractivity contribution is -0.135. The van der Waals surface area contributed by atoms with Crippen LogP contribution in [0.5, 0.6) is 5.75 Å². The van der Waals surface area contributed by atoms with Crippen molar-refractivity contribution in [1.82, 2.24) is 15.6 Å². The van der Waals surface area contributed by atoms with E-state index in [0.717, 1.165) is 12.8 Å². The lowest BCUT2D eigenvalue weighted by Gasteiger charge is -2.40. The van der Waals surface area contributed by atoms with Crippen molar-refractivity contribution in [2.75, 3.05) is 11.4 Å². The minimum absolute atomic E-state index is 0.0563. The van der Waals surface area contributed by atoms with E-state index in [2.05, 4.69) is 15.2 Å². The molecule has 0 radical (unpaired) electrons. The largest absolute Gasteiger partial charge is 0.476 e. The van der Waals surface area contributed by atoms with Crippen molar-refractivity contribution in [1.29, 1.82) is 0 Å². The predicted molar refractivity (Wildman–Crippen MR) is 135 cm³/mol. The van der Waals surface area contributed by atoms with E-state index in [-0.39, 0.29) is 36.2 Å². The summed E-state index contributed by atoms with van der Waals surface area (Å²) >= 11 is 6.25. The Balaban J connectivity index is 1.35. The number of rotatable bonds is 8. The summed E-state index contributed by atoms with van der Waals surface area (Å²) in [4.78, 5) is 31.6. The number of pyridine rings is 1. The monoisotopic (exact) mass is 554 g/mol. The van der Waals surface area contributed by atoms with Gasteiger partial charge in [0, 0.05) is 24.3 Å². The fraction of sp³-hybridized carbons (Fsp3) is 0.500.